The van der Waals surface area contributed by atoms with E-state index < -0.39 is 34.7 Å². The van der Waals surface area contributed by atoms with Crippen LogP contribution in [0, 0.1) is 13.8 Å². The zero-order valence-corrected chi connectivity index (χ0v) is 27.4. The van der Waals surface area contributed by atoms with Crippen LogP contribution in [0.25, 0.3) is 0 Å². The Kier molecular flexibility index (Phi) is 11.5. The maximum Gasteiger partial charge on any atom is 0.258 e. The maximum atomic E-state index is 13.9. The second-order valence-electron chi connectivity index (χ2n) is 11.8. The number of amides is 3. The first-order valence-corrected chi connectivity index (χ1v) is 16.0. The normalized spacial score (nSPS) is 16.8. The Morgan fingerprint density at radius 2 is 1.64 bits per heavy atom. The predicted molar refractivity (Wildman–Crippen MR) is 176 cm³/mol. The Labute approximate surface area is 269 Å². The third-order valence-electron chi connectivity index (χ3n) is 7.98. The standard InChI is InChI=1S/C35H43N3O6S/c1-23-10-9-11-24(2)31(23)44-21-29(39)37-28(20-26-12-7-6-8-13-26)30(40)34(42)38-22-45-35(3,4)32(38)33(41)36-19-18-25-14-16-27(43-5)17-15-25/h6-17,28,30,32,40H,18-22H2,1-5H3,(H,36,41)(H,37,39)/t28-,30-,32-/m0/s1. The Bertz CT molecular complexity index is 1440. The van der Waals surface area contributed by atoms with Crippen LogP contribution in [0.1, 0.15) is 36.1 Å². The predicted octanol–water partition coefficient (Wildman–Crippen LogP) is 3.82. The summed E-state index contributed by atoms with van der Waals surface area (Å²) < 4.78 is 10.4. The first-order valence-electron chi connectivity index (χ1n) is 15.1. The fourth-order valence-electron chi connectivity index (χ4n) is 5.50. The van der Waals surface area contributed by atoms with Crippen molar-refractivity contribution in [3.8, 4) is 11.5 Å². The number of nitrogens with one attached hydrogen (secondary N) is 2. The van der Waals surface area contributed by atoms with Crippen LogP contribution in [0.2, 0.25) is 0 Å². The van der Waals surface area contributed by atoms with Gasteiger partial charge in [-0.05, 0) is 74.9 Å². The van der Waals surface area contributed by atoms with E-state index in [2.05, 4.69) is 10.6 Å². The lowest BCUT2D eigenvalue weighted by Gasteiger charge is -2.33. The highest BCUT2D eigenvalue weighted by Gasteiger charge is 2.49. The third kappa shape index (κ3) is 8.79. The molecule has 9 nitrogen and oxygen atoms in total. The molecule has 0 spiro atoms. The van der Waals surface area contributed by atoms with Crippen molar-refractivity contribution in [3.63, 3.8) is 0 Å². The van der Waals surface area contributed by atoms with Crippen molar-refractivity contribution in [1.29, 1.82) is 0 Å². The lowest BCUT2D eigenvalue weighted by atomic mass is 9.97. The summed E-state index contributed by atoms with van der Waals surface area (Å²) in [6.45, 7) is 7.76. The minimum atomic E-state index is -1.58. The molecule has 3 N–H and O–H groups in total. The first-order chi connectivity index (χ1) is 21.5. The van der Waals surface area contributed by atoms with Gasteiger partial charge in [-0.15, -0.1) is 11.8 Å². The van der Waals surface area contributed by atoms with Gasteiger partial charge in [-0.2, -0.15) is 0 Å². The van der Waals surface area contributed by atoms with Crippen molar-refractivity contribution in [3.05, 3.63) is 95.1 Å². The third-order valence-corrected chi connectivity index (χ3v) is 9.36. The van der Waals surface area contributed by atoms with Crippen molar-refractivity contribution >= 4 is 29.5 Å². The summed E-state index contributed by atoms with van der Waals surface area (Å²) in [5.41, 5.74) is 3.69. The molecular formula is C35H43N3O6S. The number of aliphatic hydroxyl groups excluding tert-OH is 1. The van der Waals surface area contributed by atoms with Crippen LogP contribution in [0.5, 0.6) is 11.5 Å². The molecule has 3 atom stereocenters. The van der Waals surface area contributed by atoms with Crippen LogP contribution in [-0.2, 0) is 27.2 Å². The van der Waals surface area contributed by atoms with Gasteiger partial charge in [0.25, 0.3) is 11.8 Å². The molecule has 0 unspecified atom stereocenters. The van der Waals surface area contributed by atoms with E-state index in [4.69, 9.17) is 9.47 Å². The molecule has 3 aromatic rings. The van der Waals surface area contributed by atoms with E-state index in [9.17, 15) is 19.5 Å². The number of ether oxygens (including phenoxy) is 2. The number of methoxy groups -OCH3 is 1. The Hall–Kier alpha value is -4.02. The van der Waals surface area contributed by atoms with Gasteiger partial charge in [-0.3, -0.25) is 14.4 Å². The van der Waals surface area contributed by atoms with Gasteiger partial charge in [-0.1, -0.05) is 60.7 Å². The first kappa shape index (κ1) is 33.9. The maximum absolute atomic E-state index is 13.9. The lowest BCUT2D eigenvalue weighted by Crippen LogP contribution is -2.59. The second kappa shape index (κ2) is 15.3. The number of benzene rings is 3. The van der Waals surface area contributed by atoms with E-state index in [1.165, 1.54) is 16.7 Å². The molecule has 0 saturated carbocycles. The lowest BCUT2D eigenvalue weighted by molar-refractivity contribution is -0.147. The van der Waals surface area contributed by atoms with E-state index in [0.29, 0.717) is 18.7 Å². The molecule has 0 aliphatic carbocycles. The molecule has 0 aromatic heterocycles. The summed E-state index contributed by atoms with van der Waals surface area (Å²) in [6, 6.07) is 21.0. The van der Waals surface area contributed by atoms with Crippen molar-refractivity contribution in [1.82, 2.24) is 15.5 Å². The monoisotopic (exact) mass is 633 g/mol. The number of hydrogen-bond donors (Lipinski definition) is 3. The van der Waals surface area contributed by atoms with Gasteiger partial charge in [0.05, 0.1) is 19.0 Å². The zero-order valence-electron chi connectivity index (χ0n) is 26.5. The van der Waals surface area contributed by atoms with E-state index >= 15 is 0 Å². The summed E-state index contributed by atoms with van der Waals surface area (Å²) in [4.78, 5) is 41.9. The highest BCUT2D eigenvalue weighted by molar-refractivity contribution is 8.00. The number of nitrogens with zero attached hydrogens (tertiary/aromatic N) is 1. The van der Waals surface area contributed by atoms with E-state index in [0.717, 1.165) is 28.0 Å². The molecule has 1 saturated heterocycles. The highest BCUT2D eigenvalue weighted by Crippen LogP contribution is 2.40. The number of rotatable bonds is 13. The Balaban J connectivity index is 1.45. The summed E-state index contributed by atoms with van der Waals surface area (Å²) in [5.74, 6) is 0.262. The van der Waals surface area contributed by atoms with Gasteiger partial charge < -0.3 is 30.1 Å². The highest BCUT2D eigenvalue weighted by atomic mass is 32.2. The van der Waals surface area contributed by atoms with Gasteiger partial charge >= 0.3 is 0 Å². The molecule has 1 aliphatic rings. The Morgan fingerprint density at radius 1 is 0.978 bits per heavy atom. The molecule has 45 heavy (non-hydrogen) atoms. The molecule has 4 rings (SSSR count). The Morgan fingerprint density at radius 3 is 2.29 bits per heavy atom. The smallest absolute Gasteiger partial charge is 0.258 e. The number of para-hydroxylation sites is 1. The SMILES string of the molecule is COc1ccc(CCNC(=O)[C@@H]2N(C(=O)[C@@H](O)[C@H](Cc3ccccc3)NC(=O)COc3c(C)cccc3C)CSC2(C)C)cc1. The molecule has 1 fully saturated rings. The van der Waals surface area contributed by atoms with Gasteiger partial charge in [0.2, 0.25) is 5.91 Å². The second-order valence-corrected chi connectivity index (χ2v) is 13.4. The zero-order chi connectivity index (χ0) is 32.6. The van der Waals surface area contributed by atoms with Gasteiger partial charge in [-0.25, -0.2) is 0 Å². The van der Waals surface area contributed by atoms with Crippen molar-refractivity contribution in [2.45, 2.75) is 63.5 Å². The van der Waals surface area contributed by atoms with Gasteiger partial charge in [0.1, 0.15) is 17.5 Å². The van der Waals surface area contributed by atoms with Crippen molar-refractivity contribution < 1.29 is 29.0 Å². The molecule has 1 aliphatic heterocycles. The number of carbonyl (C=O) groups excluding carboxylic acids is 3. The topological polar surface area (TPSA) is 117 Å². The van der Waals surface area contributed by atoms with Crippen LogP contribution >= 0.6 is 11.8 Å². The van der Waals surface area contributed by atoms with Crippen LogP contribution in [0.15, 0.2) is 72.8 Å². The molecule has 0 bridgehead atoms. The summed E-state index contributed by atoms with van der Waals surface area (Å²) in [7, 11) is 1.61. The molecule has 0 radical (unpaired) electrons. The molecule has 3 aromatic carbocycles. The number of carbonyl (C=O) groups is 3. The quantitative estimate of drug-likeness (QED) is 0.262. The van der Waals surface area contributed by atoms with Crippen LogP contribution in [-0.4, -0.2) is 76.8 Å². The molecular weight excluding hydrogens is 590 g/mol. The minimum absolute atomic E-state index is 0.214. The van der Waals surface area contributed by atoms with Crippen LogP contribution in [0.3, 0.4) is 0 Å². The largest absolute Gasteiger partial charge is 0.497 e. The molecule has 10 heteroatoms. The van der Waals surface area contributed by atoms with E-state index in [1.807, 2.05) is 100 Å². The molecule has 240 valence electrons. The average Bonchev–Trinajstić information content (AvgIpc) is 3.35. The molecule has 3 amide bonds. The fourth-order valence-corrected chi connectivity index (χ4v) is 6.64. The van der Waals surface area contributed by atoms with Crippen molar-refractivity contribution in [2.24, 2.45) is 0 Å². The fraction of sp³-hybridized carbons (Fsp3) is 0.400. The summed E-state index contributed by atoms with van der Waals surface area (Å²) in [5, 5.41) is 17.3. The van der Waals surface area contributed by atoms with E-state index in [-0.39, 0.29) is 24.8 Å². The summed E-state index contributed by atoms with van der Waals surface area (Å²) in [6.07, 6.45) is -0.758. The van der Waals surface area contributed by atoms with Gasteiger partial charge in [0, 0.05) is 11.3 Å². The number of thioether (sulfide) groups is 1. The average molecular weight is 634 g/mol. The van der Waals surface area contributed by atoms with Crippen molar-refractivity contribution in [2.75, 3.05) is 26.1 Å². The van der Waals surface area contributed by atoms with Crippen LogP contribution in [0.4, 0.5) is 0 Å². The number of aliphatic hydroxyl groups is 1. The van der Waals surface area contributed by atoms with Crippen LogP contribution < -0.4 is 20.1 Å². The minimum Gasteiger partial charge on any atom is -0.497 e. The number of aryl methyl sites for hydroxylation is 2. The molecule has 1 heterocycles. The van der Waals surface area contributed by atoms with E-state index in [1.54, 1.807) is 7.11 Å². The summed E-state index contributed by atoms with van der Waals surface area (Å²) >= 11 is 1.47. The van der Waals surface area contributed by atoms with Gasteiger partial charge in [0.15, 0.2) is 12.7 Å². The number of hydrogen-bond acceptors (Lipinski definition) is 7.